The minimum absolute atomic E-state index is 0.0178. The molecule has 1 fully saturated rings. The van der Waals surface area contributed by atoms with Crippen molar-refractivity contribution in [2.75, 3.05) is 6.54 Å². The van der Waals surface area contributed by atoms with Gasteiger partial charge in [0.25, 0.3) is 0 Å². The molecule has 2 unspecified atom stereocenters. The maximum absolute atomic E-state index is 6.26. The van der Waals surface area contributed by atoms with E-state index in [0.29, 0.717) is 12.1 Å². The van der Waals surface area contributed by atoms with Crippen molar-refractivity contribution in [2.24, 2.45) is 0 Å². The number of nitrogens with one attached hydrogen (secondary N) is 1. The normalized spacial score (nSPS) is 27.5. The molecule has 1 saturated carbocycles. The quantitative estimate of drug-likeness (QED) is 0.806. The van der Waals surface area contributed by atoms with Gasteiger partial charge >= 0.3 is 0 Å². The summed E-state index contributed by atoms with van der Waals surface area (Å²) in [6.07, 6.45) is 9.56. The van der Waals surface area contributed by atoms with Gasteiger partial charge in [-0.3, -0.25) is 0 Å². The van der Waals surface area contributed by atoms with E-state index >= 15 is 0 Å². The van der Waals surface area contributed by atoms with Gasteiger partial charge in [-0.2, -0.15) is 0 Å². The number of hydrogen-bond donors (Lipinski definition) is 1. The summed E-state index contributed by atoms with van der Waals surface area (Å²) in [5.41, 5.74) is -0.0178. The summed E-state index contributed by atoms with van der Waals surface area (Å²) in [4.78, 5) is 0. The second-order valence-electron chi connectivity index (χ2n) is 6.32. The highest BCUT2D eigenvalue weighted by molar-refractivity contribution is 4.81. The third kappa shape index (κ3) is 6.42. The maximum Gasteiger partial charge on any atom is 0.0735 e. The predicted molar refractivity (Wildman–Crippen MR) is 74.4 cm³/mol. The standard InChI is InChI=1S/C15H31NO/c1-5-12-16-13-10-8-6-7-9-11-14(13)17-15(2,3)4/h13-14,16H,5-12H2,1-4H3. The van der Waals surface area contributed by atoms with Crippen molar-refractivity contribution in [1.29, 1.82) is 0 Å². The van der Waals surface area contributed by atoms with Gasteiger partial charge in [-0.25, -0.2) is 0 Å². The third-order valence-corrected chi connectivity index (χ3v) is 3.36. The van der Waals surface area contributed by atoms with Gasteiger partial charge in [0.15, 0.2) is 0 Å². The first-order chi connectivity index (χ1) is 8.03. The second-order valence-corrected chi connectivity index (χ2v) is 6.32. The Morgan fingerprint density at radius 1 is 1.06 bits per heavy atom. The van der Waals surface area contributed by atoms with Gasteiger partial charge in [-0.1, -0.05) is 32.6 Å². The van der Waals surface area contributed by atoms with Crippen LogP contribution in [0.1, 0.15) is 72.6 Å². The van der Waals surface area contributed by atoms with Gasteiger partial charge in [-0.15, -0.1) is 0 Å². The molecule has 1 aliphatic carbocycles. The number of hydrogen-bond acceptors (Lipinski definition) is 2. The van der Waals surface area contributed by atoms with Crippen molar-refractivity contribution in [1.82, 2.24) is 5.32 Å². The fraction of sp³-hybridized carbons (Fsp3) is 1.00. The van der Waals surface area contributed by atoms with Crippen molar-refractivity contribution in [2.45, 2.75) is 90.4 Å². The Morgan fingerprint density at radius 3 is 2.29 bits per heavy atom. The van der Waals surface area contributed by atoms with E-state index in [1.54, 1.807) is 0 Å². The van der Waals surface area contributed by atoms with E-state index in [0.717, 1.165) is 6.54 Å². The largest absolute Gasteiger partial charge is 0.371 e. The van der Waals surface area contributed by atoms with Crippen LogP contribution in [-0.2, 0) is 4.74 Å². The van der Waals surface area contributed by atoms with E-state index < -0.39 is 0 Å². The molecule has 1 N–H and O–H groups in total. The van der Waals surface area contributed by atoms with Crippen LogP contribution in [0.15, 0.2) is 0 Å². The molecule has 102 valence electrons. The zero-order valence-corrected chi connectivity index (χ0v) is 12.2. The van der Waals surface area contributed by atoms with Crippen LogP contribution in [-0.4, -0.2) is 24.3 Å². The predicted octanol–water partition coefficient (Wildman–Crippen LogP) is 3.89. The summed E-state index contributed by atoms with van der Waals surface area (Å²) >= 11 is 0. The summed E-state index contributed by atoms with van der Waals surface area (Å²) in [7, 11) is 0. The topological polar surface area (TPSA) is 21.3 Å². The second kappa shape index (κ2) is 7.38. The van der Waals surface area contributed by atoms with Crippen LogP contribution in [0.4, 0.5) is 0 Å². The van der Waals surface area contributed by atoms with Crippen LogP contribution in [0.2, 0.25) is 0 Å². The molecule has 2 atom stereocenters. The lowest BCUT2D eigenvalue weighted by Crippen LogP contribution is -2.45. The van der Waals surface area contributed by atoms with Crippen LogP contribution in [0.3, 0.4) is 0 Å². The Balaban J connectivity index is 2.54. The van der Waals surface area contributed by atoms with Crippen molar-refractivity contribution in [3.63, 3.8) is 0 Å². The van der Waals surface area contributed by atoms with Gasteiger partial charge in [0.05, 0.1) is 11.7 Å². The van der Waals surface area contributed by atoms with Gasteiger partial charge in [-0.05, 0) is 46.6 Å². The summed E-state index contributed by atoms with van der Waals surface area (Å²) in [5.74, 6) is 0. The first-order valence-electron chi connectivity index (χ1n) is 7.44. The molecule has 0 aromatic heterocycles. The molecule has 17 heavy (non-hydrogen) atoms. The highest BCUT2D eigenvalue weighted by Crippen LogP contribution is 2.24. The lowest BCUT2D eigenvalue weighted by molar-refractivity contribution is -0.0818. The molecule has 0 aromatic carbocycles. The summed E-state index contributed by atoms with van der Waals surface area (Å²) in [5, 5.41) is 3.69. The van der Waals surface area contributed by atoms with Crippen molar-refractivity contribution >= 4 is 0 Å². The summed E-state index contributed by atoms with van der Waals surface area (Å²) in [6.45, 7) is 9.86. The van der Waals surface area contributed by atoms with Crippen LogP contribution < -0.4 is 5.32 Å². The summed E-state index contributed by atoms with van der Waals surface area (Å²) < 4.78 is 6.26. The third-order valence-electron chi connectivity index (χ3n) is 3.36. The average Bonchev–Trinajstić information content (AvgIpc) is 2.20. The highest BCUT2D eigenvalue weighted by atomic mass is 16.5. The lowest BCUT2D eigenvalue weighted by atomic mass is 9.93. The Bertz CT molecular complexity index is 196. The van der Waals surface area contributed by atoms with Gasteiger partial charge in [0.2, 0.25) is 0 Å². The van der Waals surface area contributed by atoms with Gasteiger partial charge in [0.1, 0.15) is 0 Å². The van der Waals surface area contributed by atoms with Crippen LogP contribution in [0, 0.1) is 0 Å². The van der Waals surface area contributed by atoms with Crippen molar-refractivity contribution < 1.29 is 4.74 Å². The van der Waals surface area contributed by atoms with E-state index in [1.807, 2.05) is 0 Å². The Hall–Kier alpha value is -0.0800. The molecule has 2 nitrogen and oxygen atoms in total. The number of rotatable bonds is 4. The minimum Gasteiger partial charge on any atom is -0.371 e. The Kier molecular flexibility index (Phi) is 6.50. The minimum atomic E-state index is -0.0178. The molecule has 0 bridgehead atoms. The molecule has 1 aliphatic rings. The zero-order chi connectivity index (χ0) is 12.7. The monoisotopic (exact) mass is 241 g/mol. The smallest absolute Gasteiger partial charge is 0.0735 e. The fourth-order valence-electron chi connectivity index (χ4n) is 2.61. The van der Waals surface area contributed by atoms with Crippen molar-refractivity contribution in [3.8, 4) is 0 Å². The molecule has 0 spiro atoms. The zero-order valence-electron chi connectivity index (χ0n) is 12.2. The molecule has 0 aromatic rings. The van der Waals surface area contributed by atoms with E-state index in [1.165, 1.54) is 44.9 Å². The van der Waals surface area contributed by atoms with Crippen LogP contribution >= 0.6 is 0 Å². The van der Waals surface area contributed by atoms with E-state index in [-0.39, 0.29) is 5.60 Å². The Morgan fingerprint density at radius 2 is 1.71 bits per heavy atom. The van der Waals surface area contributed by atoms with E-state index in [9.17, 15) is 0 Å². The molecule has 0 heterocycles. The van der Waals surface area contributed by atoms with Crippen LogP contribution in [0.25, 0.3) is 0 Å². The summed E-state index contributed by atoms with van der Waals surface area (Å²) in [6, 6.07) is 0.564. The molecule has 0 amide bonds. The van der Waals surface area contributed by atoms with Crippen LogP contribution in [0.5, 0.6) is 0 Å². The molecular weight excluding hydrogens is 210 g/mol. The van der Waals surface area contributed by atoms with Gasteiger partial charge in [0, 0.05) is 6.04 Å². The molecule has 1 rings (SSSR count). The molecule has 0 saturated heterocycles. The highest BCUT2D eigenvalue weighted by Gasteiger charge is 2.26. The lowest BCUT2D eigenvalue weighted by Gasteiger charge is -2.35. The SMILES string of the molecule is CCCNC1CCCCCCC1OC(C)(C)C. The fourth-order valence-corrected chi connectivity index (χ4v) is 2.61. The number of ether oxygens (including phenoxy) is 1. The molecule has 0 radical (unpaired) electrons. The molecular formula is C15H31NO. The van der Waals surface area contributed by atoms with Crippen molar-refractivity contribution in [3.05, 3.63) is 0 Å². The van der Waals surface area contributed by atoms with E-state index in [4.69, 9.17) is 4.74 Å². The first kappa shape index (κ1) is 15.0. The Labute approximate surface area is 108 Å². The average molecular weight is 241 g/mol. The van der Waals surface area contributed by atoms with Gasteiger partial charge < -0.3 is 10.1 Å². The van der Waals surface area contributed by atoms with E-state index in [2.05, 4.69) is 33.0 Å². The molecule has 0 aliphatic heterocycles. The maximum atomic E-state index is 6.26. The first-order valence-corrected chi connectivity index (χ1v) is 7.44. The molecule has 2 heteroatoms.